The van der Waals surface area contributed by atoms with Gasteiger partial charge in [-0.2, -0.15) is 10.5 Å². The maximum atomic E-state index is 10.2. The van der Waals surface area contributed by atoms with Crippen LogP contribution in [0.2, 0.25) is 0 Å². The number of aromatic nitrogens is 2. The predicted molar refractivity (Wildman–Crippen MR) is 179 cm³/mol. The summed E-state index contributed by atoms with van der Waals surface area (Å²) in [5, 5.41) is 23.7. The van der Waals surface area contributed by atoms with Gasteiger partial charge in [-0.15, -0.1) is 0 Å². The van der Waals surface area contributed by atoms with Crippen molar-refractivity contribution in [2.45, 2.75) is 39.0 Å². The quantitative estimate of drug-likeness (QED) is 0.213. The van der Waals surface area contributed by atoms with Gasteiger partial charge in [0, 0.05) is 39.2 Å². The number of nitriles is 2. The van der Waals surface area contributed by atoms with E-state index in [4.69, 9.17) is 0 Å². The fourth-order valence-electron chi connectivity index (χ4n) is 7.56. The lowest BCUT2D eigenvalue weighted by atomic mass is 9.80. The van der Waals surface area contributed by atoms with Crippen molar-refractivity contribution >= 4 is 44.5 Å². The minimum atomic E-state index is -0.502. The highest BCUT2D eigenvalue weighted by molar-refractivity contribution is 6.09. The Labute approximate surface area is 257 Å². The van der Waals surface area contributed by atoms with Gasteiger partial charge in [-0.3, -0.25) is 0 Å². The van der Waals surface area contributed by atoms with Crippen LogP contribution in [-0.2, 0) is 6.42 Å². The lowest BCUT2D eigenvalue weighted by Gasteiger charge is -2.30. The van der Waals surface area contributed by atoms with E-state index in [2.05, 4.69) is 131 Å². The Morgan fingerprint density at radius 1 is 0.773 bits per heavy atom. The standard InChI is InChI=1S/C40H32N4/c1-26-15-16-28(22-39(26)44-37-14-8-5-11-33(37)34-23-40(2,25-42)18-17-38(34)44)29-19-27(24-41)20-30(21-29)43-35-12-6-3-9-31(35)32-10-4-7-13-36(32)43/h3-14,17-22,26,28H,15-16,23H2,1-2H3. The molecule has 0 saturated carbocycles. The summed E-state index contributed by atoms with van der Waals surface area (Å²) in [5.74, 6) is 0.551. The SMILES string of the molecule is CC1CCC(c2cc(C#N)cc(-n3c4ccccc4c4ccccc43)c2)C=C1n1c2c(c3ccccc31)CC(C)(C#N)C=C2. The summed E-state index contributed by atoms with van der Waals surface area (Å²) in [6.07, 6.45) is 9.47. The third-order valence-electron chi connectivity index (χ3n) is 9.81. The molecule has 0 fully saturated rings. The van der Waals surface area contributed by atoms with E-state index in [1.165, 1.54) is 44.2 Å². The Morgan fingerprint density at radius 3 is 2.07 bits per heavy atom. The van der Waals surface area contributed by atoms with Gasteiger partial charge in [-0.1, -0.05) is 73.7 Å². The molecule has 4 nitrogen and oxygen atoms in total. The van der Waals surface area contributed by atoms with Crippen LogP contribution in [0.4, 0.5) is 0 Å². The van der Waals surface area contributed by atoms with Crippen LogP contribution in [0.5, 0.6) is 0 Å². The Morgan fingerprint density at radius 2 is 1.41 bits per heavy atom. The molecule has 3 atom stereocenters. The summed E-state index contributed by atoms with van der Waals surface area (Å²) >= 11 is 0. The second kappa shape index (κ2) is 9.87. The van der Waals surface area contributed by atoms with Crippen molar-refractivity contribution in [3.8, 4) is 17.8 Å². The number of benzene rings is 4. The number of para-hydroxylation sites is 3. The number of hydrogen-bond donors (Lipinski definition) is 0. The third-order valence-corrected chi connectivity index (χ3v) is 9.81. The highest BCUT2D eigenvalue weighted by Crippen LogP contribution is 2.44. The summed E-state index contributed by atoms with van der Waals surface area (Å²) in [6, 6.07) is 37.0. The zero-order valence-corrected chi connectivity index (χ0v) is 25.0. The summed E-state index contributed by atoms with van der Waals surface area (Å²) in [5.41, 5.74) is 9.58. The lowest BCUT2D eigenvalue weighted by molar-refractivity contribution is 0.540. The van der Waals surface area contributed by atoms with E-state index in [0.717, 1.165) is 29.6 Å². The maximum Gasteiger partial charge on any atom is 0.0992 e. The second-order valence-electron chi connectivity index (χ2n) is 12.7. The number of nitrogens with zero attached hydrogens (tertiary/aromatic N) is 4. The minimum Gasteiger partial charge on any atom is -0.313 e. The topological polar surface area (TPSA) is 57.4 Å². The molecular weight excluding hydrogens is 536 g/mol. The van der Waals surface area contributed by atoms with Gasteiger partial charge in [0.1, 0.15) is 0 Å². The van der Waals surface area contributed by atoms with E-state index in [-0.39, 0.29) is 5.92 Å². The Hall–Kier alpha value is -5.32. The van der Waals surface area contributed by atoms with Gasteiger partial charge in [0.2, 0.25) is 0 Å². The van der Waals surface area contributed by atoms with Gasteiger partial charge < -0.3 is 9.13 Å². The van der Waals surface area contributed by atoms with E-state index in [0.29, 0.717) is 17.9 Å². The van der Waals surface area contributed by atoms with Gasteiger partial charge in [0.05, 0.1) is 39.7 Å². The van der Waals surface area contributed by atoms with E-state index in [1.807, 2.05) is 13.0 Å². The molecule has 4 aromatic carbocycles. The van der Waals surface area contributed by atoms with Crippen molar-refractivity contribution < 1.29 is 0 Å². The highest BCUT2D eigenvalue weighted by Gasteiger charge is 2.32. The Balaban J connectivity index is 1.30. The molecule has 0 spiro atoms. The summed E-state index contributed by atoms with van der Waals surface area (Å²) in [6.45, 7) is 4.35. The molecular formula is C40H32N4. The third kappa shape index (κ3) is 3.95. The van der Waals surface area contributed by atoms with Crippen LogP contribution in [0, 0.1) is 34.0 Å². The fourth-order valence-corrected chi connectivity index (χ4v) is 7.56. The second-order valence-corrected chi connectivity index (χ2v) is 12.7. The zero-order chi connectivity index (χ0) is 30.0. The normalized spacial score (nSPS) is 21.2. The first-order valence-electron chi connectivity index (χ1n) is 15.5. The molecule has 0 radical (unpaired) electrons. The molecule has 44 heavy (non-hydrogen) atoms. The average Bonchev–Trinajstić information content (AvgIpc) is 3.57. The molecule has 212 valence electrons. The molecule has 2 aliphatic rings. The molecule has 2 aromatic heterocycles. The molecule has 3 unspecified atom stereocenters. The molecule has 0 aliphatic heterocycles. The van der Waals surface area contributed by atoms with Crippen LogP contribution in [0.15, 0.2) is 103 Å². The van der Waals surface area contributed by atoms with Crippen LogP contribution < -0.4 is 0 Å². The number of allylic oxidation sites excluding steroid dienone is 3. The highest BCUT2D eigenvalue weighted by atomic mass is 15.0. The van der Waals surface area contributed by atoms with Crippen molar-refractivity contribution in [3.05, 3.63) is 126 Å². The summed E-state index contributed by atoms with van der Waals surface area (Å²) in [4.78, 5) is 0. The van der Waals surface area contributed by atoms with Crippen LogP contribution in [0.25, 0.3) is 50.2 Å². The maximum absolute atomic E-state index is 10.2. The van der Waals surface area contributed by atoms with Gasteiger partial charge in [-0.05, 0) is 85.7 Å². The van der Waals surface area contributed by atoms with E-state index in [9.17, 15) is 10.5 Å². The Kier molecular flexibility index (Phi) is 5.90. The molecule has 2 aliphatic carbocycles. The van der Waals surface area contributed by atoms with Crippen molar-refractivity contribution in [2.75, 3.05) is 0 Å². The van der Waals surface area contributed by atoms with Crippen molar-refractivity contribution in [2.24, 2.45) is 11.3 Å². The van der Waals surface area contributed by atoms with Crippen LogP contribution in [0.3, 0.4) is 0 Å². The molecule has 0 N–H and O–H groups in total. The largest absolute Gasteiger partial charge is 0.313 e. The van der Waals surface area contributed by atoms with E-state index < -0.39 is 5.41 Å². The number of hydrogen-bond acceptors (Lipinski definition) is 2. The fraction of sp³-hybridized carbons (Fsp3) is 0.200. The van der Waals surface area contributed by atoms with Crippen LogP contribution in [-0.4, -0.2) is 9.13 Å². The van der Waals surface area contributed by atoms with Crippen molar-refractivity contribution in [1.82, 2.24) is 9.13 Å². The zero-order valence-electron chi connectivity index (χ0n) is 25.0. The van der Waals surface area contributed by atoms with E-state index >= 15 is 0 Å². The monoisotopic (exact) mass is 568 g/mol. The van der Waals surface area contributed by atoms with Crippen LogP contribution in [0.1, 0.15) is 55.0 Å². The van der Waals surface area contributed by atoms with Gasteiger partial charge >= 0.3 is 0 Å². The molecule has 0 amide bonds. The molecule has 2 heterocycles. The van der Waals surface area contributed by atoms with Crippen LogP contribution >= 0.6 is 0 Å². The van der Waals surface area contributed by atoms with Crippen molar-refractivity contribution in [3.63, 3.8) is 0 Å². The summed E-state index contributed by atoms with van der Waals surface area (Å²) < 4.78 is 4.74. The molecule has 6 aromatic rings. The predicted octanol–water partition coefficient (Wildman–Crippen LogP) is 9.76. The van der Waals surface area contributed by atoms with E-state index in [1.54, 1.807) is 0 Å². The smallest absolute Gasteiger partial charge is 0.0992 e. The Bertz CT molecular complexity index is 2230. The van der Waals surface area contributed by atoms with Gasteiger partial charge in [0.25, 0.3) is 0 Å². The first-order chi connectivity index (χ1) is 21.5. The number of fused-ring (bicyclic) bond motifs is 6. The molecule has 4 heteroatoms. The first-order valence-corrected chi connectivity index (χ1v) is 15.5. The molecule has 0 bridgehead atoms. The number of rotatable bonds is 3. The molecule has 0 saturated heterocycles. The average molecular weight is 569 g/mol. The first kappa shape index (κ1) is 26.3. The minimum absolute atomic E-state index is 0.176. The van der Waals surface area contributed by atoms with Gasteiger partial charge in [0.15, 0.2) is 0 Å². The van der Waals surface area contributed by atoms with Crippen molar-refractivity contribution in [1.29, 1.82) is 10.5 Å². The van der Waals surface area contributed by atoms with Gasteiger partial charge in [-0.25, -0.2) is 0 Å². The summed E-state index contributed by atoms with van der Waals surface area (Å²) in [7, 11) is 0. The lowest BCUT2D eigenvalue weighted by Crippen LogP contribution is -2.20. The molecule has 8 rings (SSSR count).